The Kier molecular flexibility index (Phi) is 5.71. The highest BCUT2D eigenvalue weighted by atomic mass is 16.5. The van der Waals surface area contributed by atoms with Crippen LogP contribution in [0.25, 0.3) is 0 Å². The van der Waals surface area contributed by atoms with Crippen molar-refractivity contribution in [1.82, 2.24) is 10.2 Å². The van der Waals surface area contributed by atoms with E-state index >= 15 is 0 Å². The summed E-state index contributed by atoms with van der Waals surface area (Å²) < 4.78 is 10.6. The molecule has 3 aliphatic rings. The van der Waals surface area contributed by atoms with Gasteiger partial charge in [-0.2, -0.15) is 0 Å². The van der Waals surface area contributed by atoms with Crippen molar-refractivity contribution in [2.24, 2.45) is 17.6 Å². The molecule has 0 aromatic heterocycles. The molecule has 1 spiro atoms. The van der Waals surface area contributed by atoms with Crippen LogP contribution in [0.2, 0.25) is 0 Å². The van der Waals surface area contributed by atoms with E-state index in [1.807, 2.05) is 25.1 Å². The fraction of sp³-hybridized carbons (Fsp3) is 0.385. The monoisotopic (exact) mass is 492 g/mol. The largest absolute Gasteiger partial charge is 0.493 e. The van der Waals surface area contributed by atoms with E-state index in [0.717, 1.165) is 11.1 Å². The van der Waals surface area contributed by atoms with Crippen LogP contribution in [0, 0.1) is 18.8 Å². The van der Waals surface area contributed by atoms with Gasteiger partial charge in [-0.25, -0.2) is 0 Å². The van der Waals surface area contributed by atoms with E-state index < -0.39 is 47.0 Å². The topological polar surface area (TPSA) is 140 Å². The zero-order valence-corrected chi connectivity index (χ0v) is 20.3. The first-order valence-corrected chi connectivity index (χ1v) is 11.8. The predicted molar refractivity (Wildman–Crippen MR) is 129 cm³/mol. The molecule has 4 N–H and O–H groups in total. The number of anilines is 1. The number of benzene rings is 2. The number of para-hydroxylation sites is 1. The smallest absolute Gasteiger partial charge is 0.250 e. The summed E-state index contributed by atoms with van der Waals surface area (Å²) in [4.78, 5) is 53.9. The first kappa shape index (κ1) is 23.8. The van der Waals surface area contributed by atoms with Gasteiger partial charge >= 0.3 is 0 Å². The molecule has 2 aromatic carbocycles. The summed E-state index contributed by atoms with van der Waals surface area (Å²) in [6.07, 6.45) is 0.222. The summed E-state index contributed by atoms with van der Waals surface area (Å²) in [5.74, 6) is -2.61. The van der Waals surface area contributed by atoms with E-state index in [1.165, 1.54) is 12.0 Å². The highest BCUT2D eigenvalue weighted by molar-refractivity contribution is 6.15. The third-order valence-corrected chi connectivity index (χ3v) is 7.54. The average molecular weight is 493 g/mol. The van der Waals surface area contributed by atoms with Gasteiger partial charge in [-0.15, -0.1) is 0 Å². The number of nitrogens with two attached hydrogens (primary N) is 1. The van der Waals surface area contributed by atoms with Gasteiger partial charge in [0.05, 0.1) is 26.1 Å². The van der Waals surface area contributed by atoms with Crippen molar-refractivity contribution in [2.45, 2.75) is 31.3 Å². The number of carbonyl (C=O) groups excluding carboxylic acids is 4. The maximum Gasteiger partial charge on any atom is 0.250 e. The van der Waals surface area contributed by atoms with Crippen molar-refractivity contribution in [3.05, 3.63) is 53.1 Å². The highest BCUT2D eigenvalue weighted by Crippen LogP contribution is 2.53. The number of nitrogens with zero attached hydrogens (tertiary/aromatic N) is 1. The van der Waals surface area contributed by atoms with E-state index in [2.05, 4.69) is 10.6 Å². The molecule has 0 radical (unpaired) electrons. The number of ether oxygens (including phenoxy) is 2. The maximum absolute atomic E-state index is 13.8. The van der Waals surface area contributed by atoms with Crippen LogP contribution >= 0.6 is 0 Å². The van der Waals surface area contributed by atoms with Crippen LogP contribution in [0.5, 0.6) is 11.5 Å². The molecule has 0 bridgehead atoms. The number of methoxy groups -OCH3 is 2. The number of carbonyl (C=O) groups is 4. The quantitative estimate of drug-likeness (QED) is 0.487. The minimum absolute atomic E-state index is 0.127. The summed E-state index contributed by atoms with van der Waals surface area (Å²) in [7, 11) is 3.08. The molecule has 0 unspecified atom stereocenters. The van der Waals surface area contributed by atoms with E-state index in [-0.39, 0.29) is 13.0 Å². The molecular formula is C26H28N4O6. The van der Waals surface area contributed by atoms with Gasteiger partial charge in [0.15, 0.2) is 11.5 Å². The lowest BCUT2D eigenvalue weighted by Gasteiger charge is -2.29. The molecule has 2 fully saturated rings. The highest BCUT2D eigenvalue weighted by Gasteiger charge is 2.70. The SMILES string of the molecule is COc1ccc(CCN2C(=O)[C@@H]3[C@H](CC(N)=O)N[C@@]4(C(=O)Nc5c(C)cccc54)[C@@H]3C2=O)cc1OC. The first-order chi connectivity index (χ1) is 17.2. The van der Waals surface area contributed by atoms with Gasteiger partial charge in [0.1, 0.15) is 5.54 Å². The Labute approximate surface area is 208 Å². The van der Waals surface area contributed by atoms with Crippen molar-refractivity contribution in [2.75, 3.05) is 26.1 Å². The number of primary amides is 1. The molecular weight excluding hydrogens is 464 g/mol. The van der Waals surface area contributed by atoms with Crippen molar-refractivity contribution >= 4 is 29.3 Å². The number of aryl methyl sites for hydroxylation is 1. The van der Waals surface area contributed by atoms with Crippen molar-refractivity contribution in [1.29, 1.82) is 0 Å². The average Bonchev–Trinajstić information content (AvgIpc) is 3.42. The van der Waals surface area contributed by atoms with Crippen LogP contribution < -0.4 is 25.8 Å². The lowest BCUT2D eigenvalue weighted by molar-refractivity contribution is -0.142. The number of hydrogen-bond donors (Lipinski definition) is 3. The molecule has 3 aliphatic heterocycles. The molecule has 2 aromatic rings. The standard InChI is InChI=1S/C26H28N4O6/c1-13-5-4-6-15-22(13)28-25(34)26(15)21-20(16(29-26)12-19(27)31)23(32)30(24(21)33)10-9-14-7-8-17(35-2)18(11-14)36-3/h4-8,11,16,20-21,29H,9-10,12H2,1-3H3,(H2,27,31)(H,28,34)/t16-,20+,21-,26+/m0/s1. The van der Waals surface area contributed by atoms with E-state index in [4.69, 9.17) is 15.2 Å². The molecule has 0 saturated carbocycles. The van der Waals surface area contributed by atoms with Gasteiger partial charge in [-0.05, 0) is 36.6 Å². The summed E-state index contributed by atoms with van der Waals surface area (Å²) in [6, 6.07) is 10.1. The predicted octanol–water partition coefficient (Wildman–Crippen LogP) is 0.851. The third-order valence-electron chi connectivity index (χ3n) is 7.54. The van der Waals surface area contributed by atoms with Gasteiger partial charge in [0.2, 0.25) is 23.6 Å². The number of rotatable bonds is 7. The second-order valence-electron chi connectivity index (χ2n) is 9.45. The molecule has 5 rings (SSSR count). The third kappa shape index (κ3) is 3.35. The van der Waals surface area contributed by atoms with Gasteiger partial charge in [-0.1, -0.05) is 24.3 Å². The maximum atomic E-state index is 13.8. The molecule has 36 heavy (non-hydrogen) atoms. The number of likely N-dealkylation sites (tertiary alicyclic amines) is 1. The second-order valence-corrected chi connectivity index (χ2v) is 9.45. The van der Waals surface area contributed by atoms with Crippen LogP contribution in [0.3, 0.4) is 0 Å². The van der Waals surface area contributed by atoms with Crippen molar-refractivity contribution in [3.8, 4) is 11.5 Å². The minimum atomic E-state index is -1.45. The molecule has 3 heterocycles. The fourth-order valence-corrected chi connectivity index (χ4v) is 5.92. The zero-order chi connectivity index (χ0) is 25.8. The first-order valence-electron chi connectivity index (χ1n) is 11.8. The number of amides is 4. The lowest BCUT2D eigenvalue weighted by Crippen LogP contribution is -2.53. The minimum Gasteiger partial charge on any atom is -0.493 e. The molecule has 4 atom stereocenters. The van der Waals surface area contributed by atoms with Gasteiger partial charge in [0.25, 0.3) is 0 Å². The van der Waals surface area contributed by atoms with Crippen LogP contribution in [0.15, 0.2) is 36.4 Å². The van der Waals surface area contributed by atoms with Crippen molar-refractivity contribution < 1.29 is 28.7 Å². The molecule has 4 amide bonds. The van der Waals surface area contributed by atoms with Crippen LogP contribution in [-0.2, 0) is 31.1 Å². The van der Waals surface area contributed by atoms with Crippen LogP contribution in [0.1, 0.15) is 23.1 Å². The summed E-state index contributed by atoms with van der Waals surface area (Å²) >= 11 is 0. The Morgan fingerprint density at radius 3 is 2.53 bits per heavy atom. The van der Waals surface area contributed by atoms with E-state index in [1.54, 1.807) is 25.3 Å². The zero-order valence-electron chi connectivity index (χ0n) is 20.3. The van der Waals surface area contributed by atoms with Crippen molar-refractivity contribution in [3.63, 3.8) is 0 Å². The number of hydrogen-bond acceptors (Lipinski definition) is 7. The summed E-state index contributed by atoms with van der Waals surface area (Å²) in [6.45, 7) is 1.99. The Morgan fingerprint density at radius 1 is 1.08 bits per heavy atom. The van der Waals surface area contributed by atoms with E-state index in [9.17, 15) is 19.2 Å². The Balaban J connectivity index is 1.49. The molecule has 188 valence electrons. The second kappa shape index (κ2) is 8.63. The number of nitrogens with one attached hydrogen (secondary N) is 2. The fourth-order valence-electron chi connectivity index (χ4n) is 5.92. The molecule has 0 aliphatic carbocycles. The summed E-state index contributed by atoms with van der Waals surface area (Å²) in [5, 5.41) is 6.10. The van der Waals surface area contributed by atoms with Gasteiger partial charge in [0, 0.05) is 30.3 Å². The lowest BCUT2D eigenvalue weighted by atomic mass is 9.76. The normalized spacial score (nSPS) is 26.2. The van der Waals surface area contributed by atoms with Gasteiger partial charge < -0.3 is 20.5 Å². The van der Waals surface area contributed by atoms with Gasteiger partial charge in [-0.3, -0.25) is 29.4 Å². The van der Waals surface area contributed by atoms with E-state index in [0.29, 0.717) is 29.2 Å². The van der Waals surface area contributed by atoms with Crippen LogP contribution in [0.4, 0.5) is 5.69 Å². The van der Waals surface area contributed by atoms with Crippen LogP contribution in [-0.4, -0.2) is 55.3 Å². The molecule has 2 saturated heterocycles. The molecule has 10 nitrogen and oxygen atoms in total. The number of imide groups is 1. The Hall–Kier alpha value is -3.92. The molecule has 10 heteroatoms. The Bertz CT molecular complexity index is 1290. The summed E-state index contributed by atoms with van der Waals surface area (Å²) in [5.41, 5.74) is 6.97. The Morgan fingerprint density at radius 2 is 1.83 bits per heavy atom. The number of fused-ring (bicyclic) bond motifs is 4.